The number of esters is 4. The van der Waals surface area contributed by atoms with Crippen molar-refractivity contribution in [3.05, 3.63) is 0 Å². The SMILES string of the molecule is NCC(=O)O.NCC(=O)OC[C@H](N)C(=O)O.NCC(=O)OC[C@H](N)C(=O)OC(=O)CN. The third kappa shape index (κ3) is 22.9. The van der Waals surface area contributed by atoms with Gasteiger partial charge in [-0.05, 0) is 0 Å². The first kappa shape index (κ1) is 32.4. The standard InChI is InChI=1S/C7H13N3O5.C5H10N2O4.C2H5NO2/c8-1-5(11)14-3-4(10)7(13)15-6(12)2-9;6-1-4(8)11-2-3(7)5(9)10;3-1-2(4)5/h4H,1-3,8-10H2;3H,1-2,6-7H2,(H,9,10);1,3H2,(H,4,5)/t4-;3-;/m00./s1. The summed E-state index contributed by atoms with van der Waals surface area (Å²) < 4.78 is 13.0. The van der Waals surface area contributed by atoms with Crippen LogP contribution in [0.25, 0.3) is 0 Å². The lowest BCUT2D eigenvalue weighted by atomic mass is 10.3. The van der Waals surface area contributed by atoms with E-state index in [4.69, 9.17) is 38.9 Å². The van der Waals surface area contributed by atoms with Crippen molar-refractivity contribution >= 4 is 35.8 Å². The third-order valence-corrected chi connectivity index (χ3v) is 2.36. The number of carboxylic acid groups (broad SMARTS) is 2. The fraction of sp³-hybridized carbons (Fsp3) is 0.571. The summed E-state index contributed by atoms with van der Waals surface area (Å²) in [6, 6.07) is -2.40. The Morgan fingerprint density at radius 1 is 0.645 bits per heavy atom. The van der Waals surface area contributed by atoms with Crippen LogP contribution in [-0.2, 0) is 43.0 Å². The molecule has 0 unspecified atom stereocenters. The Bertz CT molecular complexity index is 601. The zero-order valence-corrected chi connectivity index (χ0v) is 16.4. The Kier molecular flexibility index (Phi) is 21.0. The molecule has 0 aliphatic carbocycles. The fourth-order valence-electron chi connectivity index (χ4n) is 0.852. The molecule has 0 rings (SSSR count). The van der Waals surface area contributed by atoms with Gasteiger partial charge in [0.15, 0.2) is 0 Å². The average Bonchev–Trinajstić information content (AvgIpc) is 2.75. The number of carbonyl (C=O) groups is 6. The van der Waals surface area contributed by atoms with Gasteiger partial charge in [-0.3, -0.25) is 24.0 Å². The first-order chi connectivity index (χ1) is 14.4. The van der Waals surface area contributed by atoms with Crippen molar-refractivity contribution in [2.45, 2.75) is 12.1 Å². The minimum absolute atomic E-state index is 0.271. The van der Waals surface area contributed by atoms with Gasteiger partial charge in [-0.1, -0.05) is 0 Å². The van der Waals surface area contributed by atoms with Gasteiger partial charge in [0.2, 0.25) is 0 Å². The molecule has 0 aliphatic heterocycles. The van der Waals surface area contributed by atoms with Crippen LogP contribution in [0.3, 0.4) is 0 Å². The van der Waals surface area contributed by atoms with E-state index in [0.29, 0.717) is 0 Å². The molecular formula is C14H28N6O11. The van der Waals surface area contributed by atoms with Gasteiger partial charge in [-0.15, -0.1) is 0 Å². The molecule has 2 atom stereocenters. The Morgan fingerprint density at radius 3 is 1.29 bits per heavy atom. The molecule has 31 heavy (non-hydrogen) atoms. The summed E-state index contributed by atoms with van der Waals surface area (Å²) in [7, 11) is 0. The molecule has 0 aromatic carbocycles. The number of rotatable bonds is 10. The molecule has 0 fully saturated rings. The van der Waals surface area contributed by atoms with E-state index in [-0.39, 0.29) is 26.2 Å². The van der Waals surface area contributed by atoms with Gasteiger partial charge >= 0.3 is 35.8 Å². The Morgan fingerprint density at radius 2 is 1.00 bits per heavy atom. The minimum Gasteiger partial charge on any atom is -0.480 e. The quantitative estimate of drug-likeness (QED) is 0.0860. The van der Waals surface area contributed by atoms with Crippen molar-refractivity contribution in [2.24, 2.45) is 34.4 Å². The summed E-state index contributed by atoms with van der Waals surface area (Å²) in [5.74, 6) is -5.46. The zero-order chi connectivity index (χ0) is 25.0. The van der Waals surface area contributed by atoms with E-state index in [0.717, 1.165) is 0 Å². The molecule has 17 nitrogen and oxygen atoms in total. The van der Waals surface area contributed by atoms with Crippen LogP contribution in [0.15, 0.2) is 0 Å². The maximum absolute atomic E-state index is 11.0. The van der Waals surface area contributed by atoms with E-state index in [2.05, 4.69) is 19.9 Å². The second-order valence-electron chi connectivity index (χ2n) is 4.92. The highest BCUT2D eigenvalue weighted by Crippen LogP contribution is 1.89. The first-order valence-corrected chi connectivity index (χ1v) is 8.17. The second kappa shape index (κ2) is 20.1. The lowest BCUT2D eigenvalue weighted by Crippen LogP contribution is -2.40. The average molecular weight is 456 g/mol. The van der Waals surface area contributed by atoms with Crippen molar-refractivity contribution in [2.75, 3.05) is 39.4 Å². The molecule has 14 N–H and O–H groups in total. The van der Waals surface area contributed by atoms with Gasteiger partial charge < -0.3 is 58.8 Å². The third-order valence-electron chi connectivity index (χ3n) is 2.36. The minimum atomic E-state index is -1.23. The van der Waals surface area contributed by atoms with Crippen LogP contribution in [0, 0.1) is 0 Å². The largest absolute Gasteiger partial charge is 0.480 e. The Labute approximate surface area is 175 Å². The lowest BCUT2D eigenvalue weighted by Gasteiger charge is -2.09. The Balaban J connectivity index is -0.000000428. The molecule has 0 saturated carbocycles. The van der Waals surface area contributed by atoms with E-state index < -0.39 is 61.1 Å². The molecule has 0 aromatic heterocycles. The van der Waals surface area contributed by atoms with Crippen LogP contribution < -0.4 is 34.4 Å². The maximum atomic E-state index is 11.0. The highest BCUT2D eigenvalue weighted by molar-refractivity contribution is 5.89. The van der Waals surface area contributed by atoms with Gasteiger partial charge in [-0.25, -0.2) is 4.79 Å². The normalized spacial score (nSPS) is 11.2. The summed E-state index contributed by atoms with van der Waals surface area (Å²) in [4.78, 5) is 61.8. The van der Waals surface area contributed by atoms with E-state index in [1.54, 1.807) is 0 Å². The lowest BCUT2D eigenvalue weighted by molar-refractivity contribution is -0.161. The van der Waals surface area contributed by atoms with Crippen molar-refractivity contribution < 1.29 is 53.2 Å². The summed E-state index contributed by atoms with van der Waals surface area (Å²) in [6.07, 6.45) is 0. The number of aliphatic carboxylic acids is 2. The predicted molar refractivity (Wildman–Crippen MR) is 100 cm³/mol. The van der Waals surface area contributed by atoms with Crippen molar-refractivity contribution in [1.82, 2.24) is 0 Å². The van der Waals surface area contributed by atoms with Gasteiger partial charge in [0.25, 0.3) is 0 Å². The van der Waals surface area contributed by atoms with Gasteiger partial charge in [-0.2, -0.15) is 0 Å². The van der Waals surface area contributed by atoms with E-state index in [1.807, 2.05) is 0 Å². The number of ether oxygens (including phenoxy) is 3. The van der Waals surface area contributed by atoms with Crippen LogP contribution in [0.1, 0.15) is 0 Å². The highest BCUT2D eigenvalue weighted by atomic mass is 16.6. The van der Waals surface area contributed by atoms with Crippen LogP contribution in [0.2, 0.25) is 0 Å². The van der Waals surface area contributed by atoms with Gasteiger partial charge in [0.1, 0.15) is 25.3 Å². The van der Waals surface area contributed by atoms with Crippen LogP contribution in [-0.4, -0.2) is 97.5 Å². The summed E-state index contributed by atoms with van der Waals surface area (Å²) in [6.45, 7) is -2.03. The zero-order valence-electron chi connectivity index (χ0n) is 16.4. The van der Waals surface area contributed by atoms with Crippen LogP contribution >= 0.6 is 0 Å². The topological polar surface area (TPSA) is 327 Å². The highest BCUT2D eigenvalue weighted by Gasteiger charge is 2.19. The molecule has 0 aliphatic rings. The van der Waals surface area contributed by atoms with Gasteiger partial charge in [0.05, 0.1) is 26.2 Å². The summed E-state index contributed by atoms with van der Waals surface area (Å²) >= 11 is 0. The summed E-state index contributed by atoms with van der Waals surface area (Å²) in [5.41, 5.74) is 29.5. The number of carbonyl (C=O) groups excluding carboxylic acids is 4. The second-order valence-corrected chi connectivity index (χ2v) is 4.92. The first-order valence-electron chi connectivity index (χ1n) is 8.17. The number of hydrogen-bond donors (Lipinski definition) is 8. The molecule has 0 spiro atoms. The molecule has 0 amide bonds. The summed E-state index contributed by atoms with van der Waals surface area (Å²) in [5, 5.41) is 15.8. The van der Waals surface area contributed by atoms with E-state index in [9.17, 15) is 28.8 Å². The molecule has 0 heterocycles. The van der Waals surface area contributed by atoms with Crippen molar-refractivity contribution in [3.8, 4) is 0 Å². The molecule has 0 radical (unpaired) electrons. The molecular weight excluding hydrogens is 428 g/mol. The number of carboxylic acids is 2. The van der Waals surface area contributed by atoms with E-state index in [1.165, 1.54) is 0 Å². The Hall–Kier alpha value is -3.22. The van der Waals surface area contributed by atoms with Gasteiger partial charge in [0, 0.05) is 0 Å². The molecule has 0 bridgehead atoms. The smallest absolute Gasteiger partial charge is 0.334 e. The molecule has 180 valence electrons. The fourth-order valence-corrected chi connectivity index (χ4v) is 0.852. The monoisotopic (exact) mass is 456 g/mol. The molecule has 17 heteroatoms. The molecule has 0 saturated heterocycles. The predicted octanol–water partition coefficient (Wildman–Crippen LogP) is -6.23. The molecule has 0 aromatic rings. The van der Waals surface area contributed by atoms with Crippen LogP contribution in [0.4, 0.5) is 0 Å². The van der Waals surface area contributed by atoms with Crippen molar-refractivity contribution in [1.29, 1.82) is 0 Å². The van der Waals surface area contributed by atoms with E-state index >= 15 is 0 Å². The maximum Gasteiger partial charge on any atom is 0.334 e. The van der Waals surface area contributed by atoms with Crippen LogP contribution in [0.5, 0.6) is 0 Å². The number of hydrogen-bond acceptors (Lipinski definition) is 15. The number of nitrogens with two attached hydrogens (primary N) is 6. The van der Waals surface area contributed by atoms with Crippen molar-refractivity contribution in [3.63, 3.8) is 0 Å².